The summed E-state index contributed by atoms with van der Waals surface area (Å²) in [4.78, 5) is 16.7. The predicted octanol–water partition coefficient (Wildman–Crippen LogP) is 5.49. The number of sulfone groups is 1. The third-order valence-electron chi connectivity index (χ3n) is 7.25. The van der Waals surface area contributed by atoms with Crippen LogP contribution in [0, 0.1) is 18.8 Å². The largest absolute Gasteiger partial charge is 0.434 e. The first kappa shape index (κ1) is 33.5. The molecule has 1 aliphatic rings. The lowest BCUT2D eigenvalue weighted by Gasteiger charge is -2.27. The van der Waals surface area contributed by atoms with Crippen LogP contribution in [-0.4, -0.2) is 66.1 Å². The molecule has 0 atom stereocenters. The van der Waals surface area contributed by atoms with Crippen LogP contribution in [0.15, 0.2) is 12.3 Å². The van der Waals surface area contributed by atoms with Crippen molar-refractivity contribution in [2.75, 3.05) is 12.8 Å². The Balaban J connectivity index is 1.88. The maximum Gasteiger partial charge on any atom is 0.400 e. The highest BCUT2D eigenvalue weighted by atomic mass is 32.2. The van der Waals surface area contributed by atoms with Crippen LogP contribution in [-0.2, 0) is 22.8 Å². The summed E-state index contributed by atoms with van der Waals surface area (Å²) < 4.78 is 134. The molecule has 3 rings (SSSR count). The average Bonchev–Trinajstić information content (AvgIpc) is 3.20. The lowest BCUT2D eigenvalue weighted by atomic mass is 9.89. The van der Waals surface area contributed by atoms with E-state index in [-0.39, 0.29) is 41.5 Å². The minimum atomic E-state index is -5.66. The van der Waals surface area contributed by atoms with E-state index in [1.165, 1.54) is 17.9 Å². The normalized spacial score (nSPS) is 18.5. The molecule has 0 aromatic carbocycles. The lowest BCUT2D eigenvalue weighted by molar-refractivity contribution is -0.283. The zero-order valence-electron chi connectivity index (χ0n) is 22.8. The van der Waals surface area contributed by atoms with Crippen LogP contribution < -0.4 is 10.1 Å². The van der Waals surface area contributed by atoms with E-state index in [9.17, 15) is 48.3 Å². The number of halogens is 8. The Labute approximate surface area is 236 Å². The highest BCUT2D eigenvalue weighted by Gasteiger charge is 2.56. The summed E-state index contributed by atoms with van der Waals surface area (Å²) in [5, 5.41) is 6.54. The number of carbonyl (C=O) groups is 1. The van der Waals surface area contributed by atoms with Gasteiger partial charge in [0.25, 0.3) is 5.91 Å². The van der Waals surface area contributed by atoms with Gasteiger partial charge in [0.15, 0.2) is 11.6 Å². The number of hydrogen-bond donors (Lipinski definition) is 1. The van der Waals surface area contributed by atoms with Gasteiger partial charge in [0.2, 0.25) is 0 Å². The predicted molar refractivity (Wildman–Crippen MR) is 135 cm³/mol. The molecule has 0 saturated heterocycles. The Morgan fingerprint density at radius 3 is 2.21 bits per heavy atom. The van der Waals surface area contributed by atoms with Crippen LogP contribution in [0.25, 0.3) is 11.3 Å². The topological polar surface area (TPSA) is 103 Å². The Hall–Kier alpha value is -2.98. The van der Waals surface area contributed by atoms with Gasteiger partial charge in [-0.05, 0) is 45.4 Å². The minimum Gasteiger partial charge on any atom is -0.434 e. The van der Waals surface area contributed by atoms with Gasteiger partial charge < -0.3 is 10.1 Å². The van der Waals surface area contributed by atoms with E-state index in [2.05, 4.69) is 20.1 Å². The molecule has 0 bridgehead atoms. The highest BCUT2D eigenvalue weighted by molar-refractivity contribution is 7.91. The second-order valence-electron chi connectivity index (χ2n) is 10.2. The summed E-state index contributed by atoms with van der Waals surface area (Å²) in [6.45, 7) is -0.0642. The van der Waals surface area contributed by atoms with Crippen LogP contribution >= 0.6 is 0 Å². The van der Waals surface area contributed by atoms with Crippen molar-refractivity contribution in [3.8, 4) is 17.0 Å². The van der Waals surface area contributed by atoms with Crippen LogP contribution in [0.4, 0.5) is 35.1 Å². The average molecular weight is 635 g/mol. The molecular formula is C25H30F8N4O4S. The van der Waals surface area contributed by atoms with Gasteiger partial charge >= 0.3 is 19.0 Å². The SMILES string of the molecule is CCn1nc(C(=O)NC[C@H]2CC[C@H](S(C)(=O)=O)CC2)c(C)c1-c1cnc(CC(C(F)(F)F)C(F)(F)F)cc1OC(F)F. The van der Waals surface area contributed by atoms with E-state index in [0.29, 0.717) is 31.7 Å². The number of rotatable bonds is 10. The van der Waals surface area contributed by atoms with E-state index < -0.39 is 63.7 Å². The number of hydrogen-bond acceptors (Lipinski definition) is 6. The van der Waals surface area contributed by atoms with Gasteiger partial charge in [-0.15, -0.1) is 0 Å². The van der Waals surface area contributed by atoms with Crippen LogP contribution in [0.3, 0.4) is 0 Å². The fourth-order valence-electron chi connectivity index (χ4n) is 5.01. The molecule has 17 heteroatoms. The summed E-state index contributed by atoms with van der Waals surface area (Å²) in [5.41, 5.74) is -0.822. The standard InChI is InChI=1S/C25H30F8N4O4S/c1-4-37-21(13(2)20(36-37)22(38)35-11-14-5-7-16(8-6-14)42(3,39)40)17-12-34-15(9-18(17)41-23(26)27)10-19(24(28,29)30)25(31,32)33/h9,12,14,16,19,23H,4-8,10-11H2,1-3H3,(H,35,38)/t14-,16-. The molecule has 1 saturated carbocycles. The summed E-state index contributed by atoms with van der Waals surface area (Å²) in [6, 6.07) is 0.588. The fraction of sp³-hybridized carbons (Fsp3) is 0.640. The summed E-state index contributed by atoms with van der Waals surface area (Å²) in [5.74, 6) is -5.09. The minimum absolute atomic E-state index is 0.0278. The van der Waals surface area contributed by atoms with Crippen LogP contribution in [0.1, 0.15) is 54.4 Å². The third-order valence-corrected chi connectivity index (χ3v) is 8.93. The second kappa shape index (κ2) is 12.7. The van der Waals surface area contributed by atoms with Crippen molar-refractivity contribution in [1.29, 1.82) is 0 Å². The molecule has 2 aromatic heterocycles. The van der Waals surface area contributed by atoms with Gasteiger partial charge in [0.1, 0.15) is 15.6 Å². The lowest BCUT2D eigenvalue weighted by Crippen LogP contribution is -2.38. The first-order valence-corrected chi connectivity index (χ1v) is 14.9. The zero-order valence-corrected chi connectivity index (χ0v) is 23.6. The van der Waals surface area contributed by atoms with Gasteiger partial charge in [0.05, 0.1) is 16.5 Å². The Morgan fingerprint density at radius 1 is 1.12 bits per heavy atom. The van der Waals surface area contributed by atoms with E-state index >= 15 is 0 Å². The molecule has 2 heterocycles. The molecule has 42 heavy (non-hydrogen) atoms. The van der Waals surface area contributed by atoms with Gasteiger partial charge in [-0.25, -0.2) is 8.42 Å². The molecule has 0 spiro atoms. The van der Waals surface area contributed by atoms with E-state index in [1.54, 1.807) is 6.92 Å². The number of pyridine rings is 1. The Kier molecular flexibility index (Phi) is 10.1. The molecular weight excluding hydrogens is 604 g/mol. The summed E-state index contributed by atoms with van der Waals surface area (Å²) in [7, 11) is -3.16. The van der Waals surface area contributed by atoms with E-state index in [0.717, 1.165) is 6.20 Å². The molecule has 2 aromatic rings. The number of amides is 1. The molecule has 0 radical (unpaired) electrons. The quantitative estimate of drug-likeness (QED) is 0.347. The molecule has 1 N–H and O–H groups in total. The first-order chi connectivity index (χ1) is 19.3. The van der Waals surface area contributed by atoms with Crippen molar-refractivity contribution in [3.63, 3.8) is 0 Å². The highest BCUT2D eigenvalue weighted by Crippen LogP contribution is 2.42. The number of nitrogens with zero attached hydrogens (tertiary/aromatic N) is 3. The molecule has 8 nitrogen and oxygen atoms in total. The van der Waals surface area contributed by atoms with Crippen molar-refractivity contribution >= 4 is 15.7 Å². The maximum atomic E-state index is 13.2. The monoisotopic (exact) mass is 634 g/mol. The fourth-order valence-corrected chi connectivity index (χ4v) is 6.14. The number of alkyl halides is 8. The first-order valence-electron chi connectivity index (χ1n) is 12.9. The van der Waals surface area contributed by atoms with E-state index in [4.69, 9.17) is 0 Å². The number of nitrogens with one attached hydrogen (secondary N) is 1. The van der Waals surface area contributed by atoms with Crippen LogP contribution in [0.5, 0.6) is 5.75 Å². The van der Waals surface area contributed by atoms with Gasteiger partial charge in [0, 0.05) is 49.3 Å². The number of carbonyl (C=O) groups excluding carboxylic acids is 1. The second-order valence-corrected chi connectivity index (χ2v) is 12.5. The number of aryl methyl sites for hydroxylation is 1. The molecule has 1 aliphatic carbocycles. The smallest absolute Gasteiger partial charge is 0.400 e. The van der Waals surface area contributed by atoms with Crippen molar-refractivity contribution in [1.82, 2.24) is 20.1 Å². The Bertz CT molecular complexity index is 1350. The van der Waals surface area contributed by atoms with Crippen molar-refractivity contribution in [2.24, 2.45) is 11.8 Å². The van der Waals surface area contributed by atoms with Crippen molar-refractivity contribution in [3.05, 3.63) is 29.2 Å². The molecule has 1 amide bonds. The molecule has 0 unspecified atom stereocenters. The zero-order chi connectivity index (χ0) is 31.6. The molecule has 0 aliphatic heterocycles. The van der Waals surface area contributed by atoms with Crippen molar-refractivity contribution in [2.45, 2.75) is 76.7 Å². The van der Waals surface area contributed by atoms with Gasteiger partial charge in [-0.3, -0.25) is 14.5 Å². The number of ether oxygens (including phenoxy) is 1. The summed E-state index contributed by atoms with van der Waals surface area (Å²) >= 11 is 0. The third kappa shape index (κ3) is 8.10. The molecule has 236 valence electrons. The van der Waals surface area contributed by atoms with Crippen molar-refractivity contribution < 1.29 is 53.1 Å². The maximum absolute atomic E-state index is 13.2. The molecule has 1 fully saturated rings. The van der Waals surface area contributed by atoms with Crippen LogP contribution in [0.2, 0.25) is 0 Å². The van der Waals surface area contributed by atoms with E-state index in [1.807, 2.05) is 0 Å². The summed E-state index contributed by atoms with van der Waals surface area (Å²) in [6.07, 6.45) is -8.86. The Morgan fingerprint density at radius 2 is 1.71 bits per heavy atom. The number of aromatic nitrogens is 3. The van der Waals surface area contributed by atoms with Gasteiger partial charge in [-0.1, -0.05) is 0 Å². The van der Waals surface area contributed by atoms with Gasteiger partial charge in [-0.2, -0.15) is 40.2 Å².